The first-order valence-corrected chi connectivity index (χ1v) is 4.74. The third-order valence-corrected chi connectivity index (χ3v) is 1.88. The molecule has 0 atom stereocenters. The van der Waals surface area contributed by atoms with Crippen molar-refractivity contribution in [3.05, 3.63) is 18.7 Å². The molecular weight excluding hydrogens is 180 g/mol. The van der Waals surface area contributed by atoms with Gasteiger partial charge in [0.1, 0.15) is 0 Å². The lowest BCUT2D eigenvalue weighted by atomic mass is 10.3. The highest BCUT2D eigenvalue weighted by molar-refractivity contribution is 5.75. The van der Waals surface area contributed by atoms with Gasteiger partial charge in [-0.05, 0) is 19.4 Å². The van der Waals surface area contributed by atoms with Crippen molar-refractivity contribution in [2.45, 2.75) is 19.4 Å². The van der Waals surface area contributed by atoms with Gasteiger partial charge in [0, 0.05) is 18.9 Å². The number of aryl methyl sites for hydroxylation is 1. The van der Waals surface area contributed by atoms with Crippen LogP contribution in [0.15, 0.2) is 18.7 Å². The molecule has 0 saturated carbocycles. The van der Waals surface area contributed by atoms with Gasteiger partial charge in [0.2, 0.25) is 5.91 Å². The van der Waals surface area contributed by atoms with Gasteiger partial charge in [0.15, 0.2) is 0 Å². The Balaban J connectivity index is 1.92. The Morgan fingerprint density at radius 2 is 2.36 bits per heavy atom. The predicted octanol–water partition coefficient (Wildman–Crippen LogP) is -0.262. The Morgan fingerprint density at radius 1 is 1.50 bits per heavy atom. The summed E-state index contributed by atoms with van der Waals surface area (Å²) >= 11 is 0. The van der Waals surface area contributed by atoms with Crippen molar-refractivity contribution in [2.24, 2.45) is 5.73 Å². The fourth-order valence-corrected chi connectivity index (χ4v) is 1.17. The summed E-state index contributed by atoms with van der Waals surface area (Å²) < 4.78 is 2.04. The Morgan fingerprint density at radius 3 is 3.00 bits per heavy atom. The molecule has 0 aliphatic heterocycles. The zero-order chi connectivity index (χ0) is 10.2. The van der Waals surface area contributed by atoms with E-state index in [1.807, 2.05) is 10.8 Å². The summed E-state index contributed by atoms with van der Waals surface area (Å²) in [6, 6.07) is 0. The maximum absolute atomic E-state index is 10.4. The predicted molar refractivity (Wildman–Crippen MR) is 53.5 cm³/mol. The van der Waals surface area contributed by atoms with E-state index in [4.69, 9.17) is 5.73 Å². The molecule has 5 nitrogen and oxygen atoms in total. The Bertz CT molecular complexity index is 258. The monoisotopic (exact) mass is 196 g/mol. The Kier molecular flexibility index (Phi) is 4.71. The maximum Gasteiger partial charge on any atom is 0.231 e. The van der Waals surface area contributed by atoms with Gasteiger partial charge < -0.3 is 15.6 Å². The van der Waals surface area contributed by atoms with Crippen LogP contribution in [0, 0.1) is 0 Å². The molecule has 0 aromatic carbocycles. The molecule has 0 fully saturated rings. The van der Waals surface area contributed by atoms with Crippen LogP contribution in [-0.4, -0.2) is 28.5 Å². The van der Waals surface area contributed by atoms with Gasteiger partial charge in [0.25, 0.3) is 0 Å². The van der Waals surface area contributed by atoms with Gasteiger partial charge >= 0.3 is 0 Å². The van der Waals surface area contributed by atoms with Crippen LogP contribution < -0.4 is 11.1 Å². The fourth-order valence-electron chi connectivity index (χ4n) is 1.17. The lowest BCUT2D eigenvalue weighted by Gasteiger charge is -2.02. The van der Waals surface area contributed by atoms with Crippen molar-refractivity contribution in [2.75, 3.05) is 13.1 Å². The first-order valence-electron chi connectivity index (χ1n) is 4.74. The van der Waals surface area contributed by atoms with Crippen LogP contribution in [0.25, 0.3) is 0 Å². The van der Waals surface area contributed by atoms with Crippen molar-refractivity contribution in [1.29, 1.82) is 0 Å². The number of nitrogens with zero attached hydrogens (tertiary/aromatic N) is 2. The molecule has 78 valence electrons. The van der Waals surface area contributed by atoms with Gasteiger partial charge in [-0.1, -0.05) is 0 Å². The van der Waals surface area contributed by atoms with Crippen molar-refractivity contribution >= 4 is 5.91 Å². The van der Waals surface area contributed by atoms with Crippen LogP contribution in [-0.2, 0) is 11.3 Å². The number of hydrogen-bond acceptors (Lipinski definition) is 3. The number of aromatic nitrogens is 2. The van der Waals surface area contributed by atoms with Crippen molar-refractivity contribution < 1.29 is 4.79 Å². The van der Waals surface area contributed by atoms with Crippen molar-refractivity contribution in [3.63, 3.8) is 0 Å². The SMILES string of the molecule is NC(=O)CNCCCCn1ccnc1. The molecule has 0 unspecified atom stereocenters. The minimum absolute atomic E-state index is 0.269. The second-order valence-electron chi connectivity index (χ2n) is 3.15. The number of primary amides is 1. The highest BCUT2D eigenvalue weighted by atomic mass is 16.1. The third kappa shape index (κ3) is 4.61. The molecule has 3 N–H and O–H groups in total. The van der Waals surface area contributed by atoms with Crippen LogP contribution in [0.5, 0.6) is 0 Å². The quantitative estimate of drug-likeness (QED) is 0.590. The lowest BCUT2D eigenvalue weighted by Crippen LogP contribution is -2.29. The topological polar surface area (TPSA) is 72.9 Å². The third-order valence-electron chi connectivity index (χ3n) is 1.88. The van der Waals surface area contributed by atoms with E-state index in [2.05, 4.69) is 10.3 Å². The van der Waals surface area contributed by atoms with E-state index in [0.717, 1.165) is 25.9 Å². The lowest BCUT2D eigenvalue weighted by molar-refractivity contribution is -0.117. The molecule has 1 rings (SSSR count). The van der Waals surface area contributed by atoms with E-state index in [1.54, 1.807) is 12.5 Å². The highest BCUT2D eigenvalue weighted by Crippen LogP contribution is 1.93. The van der Waals surface area contributed by atoms with Crippen LogP contribution in [0.2, 0.25) is 0 Å². The minimum atomic E-state index is -0.306. The van der Waals surface area contributed by atoms with Crippen LogP contribution in [0.1, 0.15) is 12.8 Å². The van der Waals surface area contributed by atoms with Gasteiger partial charge in [0.05, 0.1) is 12.9 Å². The number of unbranched alkanes of at least 4 members (excludes halogenated alkanes) is 1. The second kappa shape index (κ2) is 6.15. The van der Waals surface area contributed by atoms with Gasteiger partial charge in [-0.2, -0.15) is 0 Å². The number of hydrogen-bond donors (Lipinski definition) is 2. The van der Waals surface area contributed by atoms with E-state index in [9.17, 15) is 4.79 Å². The Labute approximate surface area is 83.3 Å². The first-order chi connectivity index (χ1) is 6.79. The zero-order valence-electron chi connectivity index (χ0n) is 8.15. The van der Waals surface area contributed by atoms with Gasteiger partial charge in [-0.15, -0.1) is 0 Å². The highest BCUT2D eigenvalue weighted by Gasteiger charge is 1.93. The summed E-state index contributed by atoms with van der Waals surface area (Å²) in [7, 11) is 0. The standard InChI is InChI=1S/C9H16N4O/c10-9(14)7-11-3-1-2-5-13-6-4-12-8-13/h4,6,8,11H,1-3,5,7H2,(H2,10,14). The average molecular weight is 196 g/mol. The Hall–Kier alpha value is -1.36. The number of nitrogens with one attached hydrogen (secondary N) is 1. The fraction of sp³-hybridized carbons (Fsp3) is 0.556. The molecule has 1 aromatic heterocycles. The van der Waals surface area contributed by atoms with Crippen molar-refractivity contribution in [1.82, 2.24) is 14.9 Å². The number of nitrogens with two attached hydrogens (primary N) is 1. The molecule has 1 aromatic rings. The van der Waals surface area contributed by atoms with E-state index < -0.39 is 0 Å². The zero-order valence-corrected chi connectivity index (χ0v) is 8.15. The van der Waals surface area contributed by atoms with Crippen LogP contribution in [0.3, 0.4) is 0 Å². The molecule has 5 heteroatoms. The number of carbonyl (C=O) groups excluding carboxylic acids is 1. The summed E-state index contributed by atoms with van der Waals surface area (Å²) in [6.45, 7) is 2.07. The summed E-state index contributed by atoms with van der Waals surface area (Å²) in [5, 5.41) is 2.97. The summed E-state index contributed by atoms with van der Waals surface area (Å²) in [5.41, 5.74) is 4.97. The number of rotatable bonds is 7. The molecule has 1 heterocycles. The average Bonchev–Trinajstić information content (AvgIpc) is 2.63. The smallest absolute Gasteiger partial charge is 0.231 e. The molecular formula is C9H16N4O. The molecule has 14 heavy (non-hydrogen) atoms. The van der Waals surface area contributed by atoms with E-state index in [0.29, 0.717) is 0 Å². The number of imidazole rings is 1. The largest absolute Gasteiger partial charge is 0.369 e. The molecule has 0 bridgehead atoms. The molecule has 1 amide bonds. The maximum atomic E-state index is 10.4. The summed E-state index contributed by atoms with van der Waals surface area (Å²) in [4.78, 5) is 14.3. The molecule has 0 aliphatic rings. The van der Waals surface area contributed by atoms with E-state index in [1.165, 1.54) is 0 Å². The molecule has 0 saturated heterocycles. The molecule has 0 aliphatic carbocycles. The van der Waals surface area contributed by atoms with Crippen LogP contribution in [0.4, 0.5) is 0 Å². The van der Waals surface area contributed by atoms with Crippen LogP contribution >= 0.6 is 0 Å². The molecule has 0 radical (unpaired) electrons. The van der Waals surface area contributed by atoms with Gasteiger partial charge in [-0.25, -0.2) is 4.98 Å². The van der Waals surface area contributed by atoms with E-state index >= 15 is 0 Å². The minimum Gasteiger partial charge on any atom is -0.369 e. The molecule has 0 spiro atoms. The number of amides is 1. The normalized spacial score (nSPS) is 10.3. The van der Waals surface area contributed by atoms with Gasteiger partial charge in [-0.3, -0.25) is 4.79 Å². The second-order valence-corrected chi connectivity index (χ2v) is 3.15. The number of carbonyl (C=O) groups is 1. The summed E-state index contributed by atoms with van der Waals surface area (Å²) in [5.74, 6) is -0.306. The summed E-state index contributed by atoms with van der Waals surface area (Å²) in [6.07, 6.45) is 7.62. The van der Waals surface area contributed by atoms with E-state index in [-0.39, 0.29) is 12.5 Å². The first kappa shape index (κ1) is 10.7. The van der Waals surface area contributed by atoms with Crippen molar-refractivity contribution in [3.8, 4) is 0 Å².